The van der Waals surface area contributed by atoms with Gasteiger partial charge < -0.3 is 10.2 Å². The molecule has 0 radical (unpaired) electrons. The Bertz CT molecular complexity index is 1350. The third-order valence-corrected chi connectivity index (χ3v) is 7.57. The summed E-state index contributed by atoms with van der Waals surface area (Å²) in [7, 11) is -2.46. The van der Waals surface area contributed by atoms with Crippen LogP contribution in [-0.4, -0.2) is 51.0 Å². The number of carbonyl (C=O) groups excluding carboxylic acids is 2. The number of hydrogen-bond donors (Lipinski definition) is 1. The summed E-state index contributed by atoms with van der Waals surface area (Å²) in [5.74, 6) is -0.987. The fourth-order valence-electron chi connectivity index (χ4n) is 3.78. The molecule has 0 aliphatic carbocycles. The third kappa shape index (κ3) is 7.85. The lowest BCUT2D eigenvalue weighted by atomic mass is 10.0. The van der Waals surface area contributed by atoms with Crippen molar-refractivity contribution in [3.63, 3.8) is 0 Å². The van der Waals surface area contributed by atoms with Crippen molar-refractivity contribution in [2.75, 3.05) is 24.2 Å². The average molecular weight is 583 g/mol. The molecule has 1 atom stereocenters. The van der Waals surface area contributed by atoms with E-state index in [-0.39, 0.29) is 28.7 Å². The smallest absolute Gasteiger partial charge is 0.244 e. The first-order valence-electron chi connectivity index (χ1n) is 11.2. The second-order valence-corrected chi connectivity index (χ2v) is 11.5. The number of nitrogens with one attached hydrogen (secondary N) is 1. The highest BCUT2D eigenvalue weighted by Gasteiger charge is 2.33. The molecule has 196 valence electrons. The van der Waals surface area contributed by atoms with Crippen LogP contribution in [0.1, 0.15) is 11.1 Å². The molecule has 3 aromatic rings. The van der Waals surface area contributed by atoms with Crippen LogP contribution in [0.3, 0.4) is 0 Å². The maximum absolute atomic E-state index is 13.8. The van der Waals surface area contributed by atoms with E-state index in [1.54, 1.807) is 24.3 Å². The lowest BCUT2D eigenvalue weighted by Crippen LogP contribution is -2.52. The second-order valence-electron chi connectivity index (χ2n) is 8.33. The van der Waals surface area contributed by atoms with Crippen molar-refractivity contribution in [1.29, 1.82) is 0 Å². The third-order valence-electron chi connectivity index (χ3n) is 5.64. The van der Waals surface area contributed by atoms with Crippen molar-refractivity contribution in [2.45, 2.75) is 19.0 Å². The maximum Gasteiger partial charge on any atom is 0.244 e. The van der Waals surface area contributed by atoms with Crippen LogP contribution in [0.15, 0.2) is 72.8 Å². The molecule has 0 heterocycles. The van der Waals surface area contributed by atoms with Crippen LogP contribution in [0.4, 0.5) is 5.69 Å². The van der Waals surface area contributed by atoms with Crippen molar-refractivity contribution in [3.8, 4) is 0 Å². The predicted octanol–water partition coefficient (Wildman–Crippen LogP) is 4.80. The van der Waals surface area contributed by atoms with Crippen LogP contribution >= 0.6 is 34.8 Å². The summed E-state index contributed by atoms with van der Waals surface area (Å²) in [4.78, 5) is 28.3. The monoisotopic (exact) mass is 581 g/mol. The fraction of sp³-hybridized carbons (Fsp3) is 0.231. The van der Waals surface area contributed by atoms with E-state index in [0.717, 1.165) is 16.1 Å². The van der Waals surface area contributed by atoms with Crippen LogP contribution < -0.4 is 9.62 Å². The Morgan fingerprint density at radius 3 is 2.11 bits per heavy atom. The van der Waals surface area contributed by atoms with E-state index in [4.69, 9.17) is 34.8 Å². The van der Waals surface area contributed by atoms with Gasteiger partial charge in [-0.15, -0.1) is 0 Å². The number of hydrogen-bond acceptors (Lipinski definition) is 4. The first-order chi connectivity index (χ1) is 17.5. The van der Waals surface area contributed by atoms with E-state index in [1.165, 1.54) is 30.1 Å². The van der Waals surface area contributed by atoms with Crippen LogP contribution in [0.2, 0.25) is 15.1 Å². The molecule has 1 unspecified atom stereocenters. The van der Waals surface area contributed by atoms with E-state index in [1.807, 2.05) is 30.3 Å². The molecule has 0 saturated heterocycles. The Morgan fingerprint density at radius 1 is 0.892 bits per heavy atom. The Balaban J connectivity index is 2.04. The second kappa shape index (κ2) is 12.6. The van der Waals surface area contributed by atoms with Crippen molar-refractivity contribution in [1.82, 2.24) is 10.2 Å². The maximum atomic E-state index is 13.8. The van der Waals surface area contributed by atoms with Crippen molar-refractivity contribution in [2.24, 2.45) is 0 Å². The van der Waals surface area contributed by atoms with E-state index >= 15 is 0 Å². The summed E-state index contributed by atoms with van der Waals surface area (Å²) in [6.45, 7) is -0.545. The van der Waals surface area contributed by atoms with Gasteiger partial charge in [0.1, 0.15) is 12.6 Å². The molecule has 1 N–H and O–H groups in total. The van der Waals surface area contributed by atoms with Gasteiger partial charge >= 0.3 is 0 Å². The molecule has 11 heteroatoms. The van der Waals surface area contributed by atoms with E-state index in [0.29, 0.717) is 10.6 Å². The van der Waals surface area contributed by atoms with Crippen molar-refractivity contribution < 1.29 is 18.0 Å². The molecule has 0 saturated carbocycles. The molecular weight excluding hydrogens is 557 g/mol. The number of halogens is 3. The van der Waals surface area contributed by atoms with Crippen molar-refractivity contribution in [3.05, 3.63) is 99.0 Å². The van der Waals surface area contributed by atoms with E-state index < -0.39 is 34.4 Å². The molecule has 3 aromatic carbocycles. The normalized spacial score (nSPS) is 12.0. The average Bonchev–Trinajstić information content (AvgIpc) is 2.86. The van der Waals surface area contributed by atoms with Gasteiger partial charge in [-0.2, -0.15) is 0 Å². The van der Waals surface area contributed by atoms with Gasteiger partial charge in [0, 0.05) is 30.1 Å². The van der Waals surface area contributed by atoms with Gasteiger partial charge in [-0.05, 0) is 41.5 Å². The number of nitrogens with zero attached hydrogens (tertiary/aromatic N) is 2. The molecule has 0 aromatic heterocycles. The molecule has 0 aliphatic rings. The Hall–Kier alpha value is -2.78. The standard InChI is InChI=1S/C26H26Cl3N3O4S/c1-30-26(34)24(14-18-6-4-3-5-7-18)31(16-19-8-10-20(27)11-9-19)25(33)17-32(37(2,35)36)23-15-21(28)12-13-22(23)29/h3-13,15,24H,14,16-17H2,1-2H3,(H,30,34). The lowest BCUT2D eigenvalue weighted by Gasteiger charge is -2.33. The zero-order chi connectivity index (χ0) is 27.2. The zero-order valence-corrected chi connectivity index (χ0v) is 23.3. The molecule has 2 amide bonds. The largest absolute Gasteiger partial charge is 0.357 e. The van der Waals surface area contributed by atoms with Crippen LogP contribution in [0, 0.1) is 0 Å². The van der Waals surface area contributed by atoms with E-state index in [9.17, 15) is 18.0 Å². The molecule has 0 fully saturated rings. The van der Waals surface area contributed by atoms with Gasteiger partial charge in [0.2, 0.25) is 21.8 Å². The summed E-state index contributed by atoms with van der Waals surface area (Å²) in [5, 5.41) is 3.51. The first-order valence-corrected chi connectivity index (χ1v) is 14.2. The molecule has 7 nitrogen and oxygen atoms in total. The SMILES string of the molecule is CNC(=O)C(Cc1ccccc1)N(Cc1ccc(Cl)cc1)C(=O)CN(c1cc(Cl)ccc1Cl)S(C)(=O)=O. The number of amides is 2. The highest BCUT2D eigenvalue weighted by Crippen LogP contribution is 2.31. The van der Waals surface area contributed by atoms with Gasteiger partial charge in [-0.1, -0.05) is 77.3 Å². The van der Waals surface area contributed by atoms with Gasteiger partial charge in [0.25, 0.3) is 0 Å². The fourth-order valence-corrected chi connectivity index (χ4v) is 5.19. The molecule has 0 bridgehead atoms. The number of sulfonamides is 1. The molecule has 0 spiro atoms. The summed E-state index contributed by atoms with van der Waals surface area (Å²) >= 11 is 18.4. The van der Waals surface area contributed by atoms with Gasteiger partial charge in [0.15, 0.2) is 0 Å². The number of anilines is 1. The van der Waals surface area contributed by atoms with Crippen molar-refractivity contribution >= 4 is 62.3 Å². The topological polar surface area (TPSA) is 86.8 Å². The van der Waals surface area contributed by atoms with Gasteiger partial charge in [0.05, 0.1) is 17.0 Å². The van der Waals surface area contributed by atoms with E-state index in [2.05, 4.69) is 5.32 Å². The molecule has 3 rings (SSSR count). The Morgan fingerprint density at radius 2 is 1.51 bits per heavy atom. The summed E-state index contributed by atoms with van der Waals surface area (Å²) in [5.41, 5.74) is 1.62. The van der Waals surface area contributed by atoms with Crippen LogP contribution in [0.25, 0.3) is 0 Å². The summed E-state index contributed by atoms with van der Waals surface area (Å²) in [6.07, 6.45) is 1.19. The van der Waals surface area contributed by atoms with Crippen LogP contribution in [0.5, 0.6) is 0 Å². The van der Waals surface area contributed by atoms with Gasteiger partial charge in [-0.3, -0.25) is 13.9 Å². The number of benzene rings is 3. The minimum absolute atomic E-state index is 0.0435. The highest BCUT2D eigenvalue weighted by molar-refractivity contribution is 7.92. The minimum atomic E-state index is -3.95. The van der Waals surface area contributed by atoms with Crippen LogP contribution in [-0.2, 0) is 32.6 Å². The Labute approximate surface area is 232 Å². The minimum Gasteiger partial charge on any atom is -0.357 e. The molecular formula is C26H26Cl3N3O4S. The number of likely N-dealkylation sites (N-methyl/N-ethyl adjacent to an activating group) is 1. The quantitative estimate of drug-likeness (QED) is 0.372. The molecule has 0 aliphatic heterocycles. The highest BCUT2D eigenvalue weighted by atomic mass is 35.5. The lowest BCUT2D eigenvalue weighted by molar-refractivity contribution is -0.139. The number of rotatable bonds is 10. The summed E-state index contributed by atoms with van der Waals surface area (Å²) in [6, 6.07) is 19.5. The summed E-state index contributed by atoms with van der Waals surface area (Å²) < 4.78 is 26.4. The Kier molecular flexibility index (Phi) is 9.84. The predicted molar refractivity (Wildman–Crippen MR) is 149 cm³/mol. The van der Waals surface area contributed by atoms with Gasteiger partial charge in [-0.25, -0.2) is 8.42 Å². The molecule has 37 heavy (non-hydrogen) atoms. The zero-order valence-electron chi connectivity index (χ0n) is 20.2. The first kappa shape index (κ1) is 28.8. The number of carbonyl (C=O) groups is 2.